The standard InChI is InChI=1S/C23H31N5O/c29-23(28-15-13-27(14-16-28)22-7-1-2-11-25-22)9-8-20-6-4-12-26(18-20)19-21-5-3-10-24-17-21/h1-3,5,7,10-11,17,20H,4,6,8-9,12-16,18-19H2/t20-/m1/s1. The van der Waals surface area contributed by atoms with Crippen LogP contribution >= 0.6 is 0 Å². The van der Waals surface area contributed by atoms with Gasteiger partial charge in [-0.25, -0.2) is 4.98 Å². The Kier molecular flexibility index (Phi) is 6.72. The average Bonchev–Trinajstić information content (AvgIpc) is 2.79. The number of rotatable bonds is 6. The monoisotopic (exact) mass is 393 g/mol. The lowest BCUT2D eigenvalue weighted by molar-refractivity contribution is -0.131. The van der Waals surface area contributed by atoms with Crippen LogP contribution in [0.15, 0.2) is 48.9 Å². The predicted octanol–water partition coefficient (Wildman–Crippen LogP) is 2.82. The van der Waals surface area contributed by atoms with Crippen LogP contribution in [0, 0.1) is 5.92 Å². The minimum absolute atomic E-state index is 0.315. The molecule has 4 rings (SSSR count). The number of piperazine rings is 1. The van der Waals surface area contributed by atoms with Gasteiger partial charge in [0.15, 0.2) is 0 Å². The van der Waals surface area contributed by atoms with Crippen molar-refractivity contribution in [2.75, 3.05) is 44.2 Å². The molecule has 154 valence electrons. The first-order valence-corrected chi connectivity index (χ1v) is 10.8. The molecule has 2 aromatic heterocycles. The van der Waals surface area contributed by atoms with Crippen LogP contribution in [0.4, 0.5) is 5.82 Å². The Bertz CT molecular complexity index is 761. The molecule has 1 atom stereocenters. The molecule has 0 spiro atoms. The molecule has 0 aliphatic carbocycles. The zero-order valence-corrected chi connectivity index (χ0v) is 17.1. The second-order valence-corrected chi connectivity index (χ2v) is 8.20. The molecular weight excluding hydrogens is 362 g/mol. The summed E-state index contributed by atoms with van der Waals surface area (Å²) in [5.41, 5.74) is 1.27. The molecular formula is C23H31N5O. The molecule has 4 heterocycles. The number of aromatic nitrogens is 2. The highest BCUT2D eigenvalue weighted by Gasteiger charge is 2.24. The highest BCUT2D eigenvalue weighted by atomic mass is 16.2. The number of nitrogens with zero attached hydrogens (tertiary/aromatic N) is 5. The van der Waals surface area contributed by atoms with Gasteiger partial charge in [0, 0.05) is 64.3 Å². The highest BCUT2D eigenvalue weighted by molar-refractivity contribution is 5.76. The number of likely N-dealkylation sites (tertiary alicyclic amines) is 1. The molecule has 2 saturated heterocycles. The molecule has 2 fully saturated rings. The summed E-state index contributed by atoms with van der Waals surface area (Å²) in [6.45, 7) is 6.54. The number of carbonyl (C=O) groups is 1. The fourth-order valence-corrected chi connectivity index (χ4v) is 4.49. The van der Waals surface area contributed by atoms with E-state index in [1.165, 1.54) is 18.4 Å². The summed E-state index contributed by atoms with van der Waals surface area (Å²) in [6.07, 6.45) is 9.75. The maximum Gasteiger partial charge on any atom is 0.222 e. The fourth-order valence-electron chi connectivity index (χ4n) is 4.49. The van der Waals surface area contributed by atoms with E-state index >= 15 is 0 Å². The van der Waals surface area contributed by atoms with Crippen LogP contribution in [0.2, 0.25) is 0 Å². The van der Waals surface area contributed by atoms with Gasteiger partial charge < -0.3 is 9.80 Å². The summed E-state index contributed by atoms with van der Waals surface area (Å²) in [7, 11) is 0. The van der Waals surface area contributed by atoms with Crippen LogP contribution in [0.1, 0.15) is 31.2 Å². The van der Waals surface area contributed by atoms with Crippen LogP contribution in [-0.2, 0) is 11.3 Å². The van der Waals surface area contributed by atoms with Gasteiger partial charge in [0.05, 0.1) is 0 Å². The second-order valence-electron chi connectivity index (χ2n) is 8.20. The third kappa shape index (κ3) is 5.54. The normalized spacial score (nSPS) is 20.6. The van der Waals surface area contributed by atoms with Gasteiger partial charge in [-0.3, -0.25) is 14.7 Å². The predicted molar refractivity (Wildman–Crippen MR) is 115 cm³/mol. The van der Waals surface area contributed by atoms with E-state index in [2.05, 4.69) is 25.8 Å². The van der Waals surface area contributed by atoms with E-state index in [-0.39, 0.29) is 0 Å². The Morgan fingerprint density at radius 3 is 2.69 bits per heavy atom. The van der Waals surface area contributed by atoms with Crippen molar-refractivity contribution in [1.82, 2.24) is 19.8 Å². The average molecular weight is 394 g/mol. The van der Waals surface area contributed by atoms with Crippen molar-refractivity contribution < 1.29 is 4.79 Å². The van der Waals surface area contributed by atoms with Crippen molar-refractivity contribution in [3.05, 3.63) is 54.5 Å². The second kappa shape index (κ2) is 9.83. The zero-order valence-electron chi connectivity index (χ0n) is 17.1. The van der Waals surface area contributed by atoms with Crippen molar-refractivity contribution >= 4 is 11.7 Å². The first-order valence-electron chi connectivity index (χ1n) is 10.8. The Morgan fingerprint density at radius 1 is 1.03 bits per heavy atom. The van der Waals surface area contributed by atoms with E-state index in [0.717, 1.165) is 58.1 Å². The fraction of sp³-hybridized carbons (Fsp3) is 0.522. The zero-order chi connectivity index (χ0) is 19.9. The van der Waals surface area contributed by atoms with E-state index in [1.807, 2.05) is 47.8 Å². The Balaban J connectivity index is 1.19. The highest BCUT2D eigenvalue weighted by Crippen LogP contribution is 2.23. The molecule has 6 heteroatoms. The number of amides is 1. The van der Waals surface area contributed by atoms with Gasteiger partial charge in [-0.2, -0.15) is 0 Å². The number of hydrogen-bond donors (Lipinski definition) is 0. The SMILES string of the molecule is O=C(CC[C@H]1CCCN(Cc2cccnc2)C1)N1CCN(c2ccccn2)CC1. The largest absolute Gasteiger partial charge is 0.353 e. The van der Waals surface area contributed by atoms with Gasteiger partial charge in [-0.1, -0.05) is 12.1 Å². The lowest BCUT2D eigenvalue weighted by Gasteiger charge is -2.36. The molecule has 29 heavy (non-hydrogen) atoms. The third-order valence-electron chi connectivity index (χ3n) is 6.10. The molecule has 0 radical (unpaired) electrons. The van der Waals surface area contributed by atoms with E-state index in [1.54, 1.807) is 0 Å². The van der Waals surface area contributed by atoms with Crippen molar-refractivity contribution in [2.24, 2.45) is 5.92 Å². The third-order valence-corrected chi connectivity index (χ3v) is 6.10. The lowest BCUT2D eigenvalue weighted by atomic mass is 9.93. The lowest BCUT2D eigenvalue weighted by Crippen LogP contribution is -2.49. The topological polar surface area (TPSA) is 52.6 Å². The maximum absolute atomic E-state index is 12.7. The molecule has 6 nitrogen and oxygen atoms in total. The van der Waals surface area contributed by atoms with Gasteiger partial charge >= 0.3 is 0 Å². The van der Waals surface area contributed by atoms with Crippen LogP contribution in [0.25, 0.3) is 0 Å². The van der Waals surface area contributed by atoms with Gasteiger partial charge in [0.1, 0.15) is 5.82 Å². The first kappa shape index (κ1) is 19.8. The molecule has 0 bridgehead atoms. The van der Waals surface area contributed by atoms with Crippen LogP contribution in [-0.4, -0.2) is 64.9 Å². The molecule has 2 aliphatic rings. The molecule has 2 aromatic rings. The van der Waals surface area contributed by atoms with Crippen LogP contribution in [0.3, 0.4) is 0 Å². The van der Waals surface area contributed by atoms with E-state index in [0.29, 0.717) is 18.2 Å². The summed E-state index contributed by atoms with van der Waals surface area (Å²) in [4.78, 5) is 28.2. The summed E-state index contributed by atoms with van der Waals surface area (Å²) in [5.74, 6) is 1.95. The summed E-state index contributed by atoms with van der Waals surface area (Å²) in [5, 5.41) is 0. The van der Waals surface area contributed by atoms with E-state index in [9.17, 15) is 4.79 Å². The van der Waals surface area contributed by atoms with Gasteiger partial charge in [-0.15, -0.1) is 0 Å². The smallest absolute Gasteiger partial charge is 0.222 e. The van der Waals surface area contributed by atoms with E-state index < -0.39 is 0 Å². The van der Waals surface area contributed by atoms with Crippen molar-refractivity contribution in [3.63, 3.8) is 0 Å². The summed E-state index contributed by atoms with van der Waals surface area (Å²) in [6, 6.07) is 10.1. The van der Waals surface area contributed by atoms with Gasteiger partial charge in [-0.05, 0) is 55.5 Å². The van der Waals surface area contributed by atoms with E-state index in [4.69, 9.17) is 0 Å². The van der Waals surface area contributed by atoms with Gasteiger partial charge in [0.25, 0.3) is 0 Å². The Hall–Kier alpha value is -2.47. The molecule has 0 saturated carbocycles. The number of hydrogen-bond acceptors (Lipinski definition) is 5. The van der Waals surface area contributed by atoms with Crippen molar-refractivity contribution in [2.45, 2.75) is 32.2 Å². The Labute approximate surface area is 173 Å². The van der Waals surface area contributed by atoms with Crippen molar-refractivity contribution in [3.8, 4) is 0 Å². The molecule has 0 aromatic carbocycles. The maximum atomic E-state index is 12.7. The quantitative estimate of drug-likeness (QED) is 0.755. The number of piperidine rings is 1. The van der Waals surface area contributed by atoms with Crippen molar-refractivity contribution in [1.29, 1.82) is 0 Å². The minimum atomic E-state index is 0.315. The molecule has 0 N–H and O–H groups in total. The van der Waals surface area contributed by atoms with Crippen LogP contribution in [0.5, 0.6) is 0 Å². The van der Waals surface area contributed by atoms with Gasteiger partial charge in [0.2, 0.25) is 5.91 Å². The Morgan fingerprint density at radius 2 is 1.93 bits per heavy atom. The number of anilines is 1. The summed E-state index contributed by atoms with van der Waals surface area (Å²) < 4.78 is 0. The minimum Gasteiger partial charge on any atom is -0.353 e. The molecule has 0 unspecified atom stereocenters. The summed E-state index contributed by atoms with van der Waals surface area (Å²) >= 11 is 0. The number of pyridine rings is 2. The van der Waals surface area contributed by atoms with Crippen LogP contribution < -0.4 is 4.90 Å². The molecule has 2 aliphatic heterocycles. The number of carbonyl (C=O) groups excluding carboxylic acids is 1. The first-order chi connectivity index (χ1) is 14.3. The molecule has 1 amide bonds.